The minimum atomic E-state index is 0.198. The fourth-order valence-electron chi connectivity index (χ4n) is 2.22. The summed E-state index contributed by atoms with van der Waals surface area (Å²) in [6.45, 7) is 14.9. The molecule has 1 rings (SSSR count). The molecular weight excluding hydrogens is 282 g/mol. The van der Waals surface area contributed by atoms with Crippen LogP contribution in [0, 0.1) is 12.8 Å². The van der Waals surface area contributed by atoms with Crippen molar-refractivity contribution in [2.45, 2.75) is 60.0 Å². The van der Waals surface area contributed by atoms with Crippen LogP contribution in [0.2, 0.25) is 5.02 Å². The molecule has 0 spiro atoms. The van der Waals surface area contributed by atoms with Crippen LogP contribution in [0.25, 0.3) is 0 Å². The first-order valence-electron chi connectivity index (χ1n) is 8.02. The van der Waals surface area contributed by atoms with E-state index in [1.165, 1.54) is 0 Å². The van der Waals surface area contributed by atoms with E-state index in [4.69, 9.17) is 16.3 Å². The topological polar surface area (TPSA) is 21.3 Å². The van der Waals surface area contributed by atoms with Crippen molar-refractivity contribution in [1.82, 2.24) is 5.32 Å². The summed E-state index contributed by atoms with van der Waals surface area (Å²) in [5, 5.41) is 4.31. The molecule has 1 atom stereocenters. The largest absolute Gasteiger partial charge is 0.489 e. The van der Waals surface area contributed by atoms with Crippen molar-refractivity contribution in [1.29, 1.82) is 0 Å². The van der Waals surface area contributed by atoms with Crippen LogP contribution >= 0.6 is 11.6 Å². The van der Waals surface area contributed by atoms with Crippen molar-refractivity contribution in [3.63, 3.8) is 0 Å². The highest BCUT2D eigenvalue weighted by molar-refractivity contribution is 6.31. The van der Waals surface area contributed by atoms with Gasteiger partial charge in [-0.3, -0.25) is 0 Å². The van der Waals surface area contributed by atoms with Crippen LogP contribution in [0.1, 0.15) is 58.1 Å². The fraction of sp³-hybridized carbons (Fsp3) is 0.667. The van der Waals surface area contributed by atoms with Gasteiger partial charge in [0.2, 0.25) is 0 Å². The van der Waals surface area contributed by atoms with Gasteiger partial charge in [-0.2, -0.15) is 0 Å². The van der Waals surface area contributed by atoms with E-state index in [1.807, 2.05) is 6.07 Å². The summed E-state index contributed by atoms with van der Waals surface area (Å²) < 4.78 is 6.20. The zero-order chi connectivity index (χ0) is 16.0. The summed E-state index contributed by atoms with van der Waals surface area (Å²) in [6, 6.07) is 4.12. The molecule has 0 fully saturated rings. The molecule has 1 N–H and O–H groups in total. The van der Waals surface area contributed by atoms with Gasteiger partial charge in [0, 0.05) is 11.6 Å². The highest BCUT2D eigenvalue weighted by Gasteiger charge is 2.14. The second-order valence-electron chi connectivity index (χ2n) is 6.49. The minimum absolute atomic E-state index is 0.198. The predicted molar refractivity (Wildman–Crippen MR) is 92.7 cm³/mol. The lowest BCUT2D eigenvalue weighted by atomic mass is 10.0. The monoisotopic (exact) mass is 311 g/mol. The molecule has 0 saturated carbocycles. The molecule has 2 nitrogen and oxygen atoms in total. The Kier molecular flexibility index (Phi) is 7.55. The van der Waals surface area contributed by atoms with Gasteiger partial charge in [-0.15, -0.1) is 0 Å². The van der Waals surface area contributed by atoms with Gasteiger partial charge in [0.05, 0.1) is 0 Å². The summed E-state index contributed by atoms with van der Waals surface area (Å²) in [4.78, 5) is 0. The van der Waals surface area contributed by atoms with E-state index in [1.54, 1.807) is 0 Å². The first-order valence-corrected chi connectivity index (χ1v) is 8.40. The molecule has 1 unspecified atom stereocenters. The Labute approximate surface area is 135 Å². The second-order valence-corrected chi connectivity index (χ2v) is 6.90. The summed E-state index contributed by atoms with van der Waals surface area (Å²) in [6.07, 6.45) is 1.19. The van der Waals surface area contributed by atoms with Crippen LogP contribution in [0.15, 0.2) is 12.1 Å². The molecule has 0 saturated heterocycles. The smallest absolute Gasteiger partial charge is 0.123 e. The zero-order valence-electron chi connectivity index (χ0n) is 14.3. The number of benzene rings is 1. The number of hydrogen-bond acceptors (Lipinski definition) is 2. The molecule has 0 aliphatic rings. The van der Waals surface area contributed by atoms with E-state index in [0.29, 0.717) is 11.8 Å². The van der Waals surface area contributed by atoms with Crippen LogP contribution in [-0.4, -0.2) is 19.2 Å². The van der Waals surface area contributed by atoms with E-state index < -0.39 is 0 Å². The number of hydrogen-bond donors (Lipinski definition) is 1. The van der Waals surface area contributed by atoms with E-state index >= 15 is 0 Å². The summed E-state index contributed by atoms with van der Waals surface area (Å²) in [7, 11) is 0. The molecule has 0 heterocycles. The van der Waals surface area contributed by atoms with Gasteiger partial charge >= 0.3 is 0 Å². The first-order chi connectivity index (χ1) is 9.85. The molecule has 21 heavy (non-hydrogen) atoms. The lowest BCUT2D eigenvalue weighted by molar-refractivity contribution is 0.190. The molecule has 0 aliphatic heterocycles. The summed E-state index contributed by atoms with van der Waals surface area (Å²) in [5.74, 6) is 2.02. The number of aryl methyl sites for hydroxylation is 1. The van der Waals surface area contributed by atoms with Crippen LogP contribution in [-0.2, 0) is 0 Å². The fourth-order valence-corrected chi connectivity index (χ4v) is 2.66. The third-order valence-corrected chi connectivity index (χ3v) is 3.92. The van der Waals surface area contributed by atoms with E-state index in [9.17, 15) is 0 Å². The average Bonchev–Trinajstić information content (AvgIpc) is 2.39. The molecule has 120 valence electrons. The summed E-state index contributed by atoms with van der Waals surface area (Å²) in [5.41, 5.74) is 2.26. The van der Waals surface area contributed by atoms with Crippen molar-refractivity contribution in [2.24, 2.45) is 5.92 Å². The summed E-state index contributed by atoms with van der Waals surface area (Å²) >= 11 is 6.32. The maximum Gasteiger partial charge on any atom is 0.123 e. The Balaban J connectivity index is 2.77. The number of nitrogens with one attached hydrogen (secondary N) is 1. The predicted octanol–water partition coefficient (Wildman–Crippen LogP) is 5.17. The van der Waals surface area contributed by atoms with Crippen LogP contribution in [0.4, 0.5) is 0 Å². The zero-order valence-corrected chi connectivity index (χ0v) is 15.1. The van der Waals surface area contributed by atoms with E-state index in [-0.39, 0.29) is 6.10 Å². The molecule has 0 aromatic heterocycles. The van der Waals surface area contributed by atoms with Crippen molar-refractivity contribution in [3.05, 3.63) is 28.3 Å². The Morgan fingerprint density at radius 3 is 2.33 bits per heavy atom. The van der Waals surface area contributed by atoms with Crippen molar-refractivity contribution >= 4 is 11.6 Å². The Morgan fingerprint density at radius 2 is 1.81 bits per heavy atom. The molecule has 1 aromatic carbocycles. The minimum Gasteiger partial charge on any atom is -0.489 e. The third-order valence-electron chi connectivity index (χ3n) is 3.59. The molecule has 3 heteroatoms. The molecule has 0 radical (unpaired) electrons. The average molecular weight is 312 g/mol. The van der Waals surface area contributed by atoms with Gasteiger partial charge in [0.1, 0.15) is 11.9 Å². The van der Waals surface area contributed by atoms with Gasteiger partial charge in [-0.05, 0) is 55.0 Å². The Hall–Kier alpha value is -0.730. The number of halogens is 1. The van der Waals surface area contributed by atoms with E-state index in [2.05, 4.69) is 52.9 Å². The van der Waals surface area contributed by atoms with Crippen LogP contribution in [0.3, 0.4) is 0 Å². The third kappa shape index (κ3) is 5.88. The van der Waals surface area contributed by atoms with Gasteiger partial charge in [0.25, 0.3) is 0 Å². The lowest BCUT2D eigenvalue weighted by Crippen LogP contribution is -2.33. The number of ether oxygens (including phenoxy) is 1. The SMILES string of the molecule is CCC(CNCC(C)C)Oc1cc(C(C)C)c(Cl)cc1C. The van der Waals surface area contributed by atoms with Gasteiger partial charge in [-0.1, -0.05) is 46.2 Å². The normalized spacial score (nSPS) is 13.0. The molecule has 0 amide bonds. The van der Waals surface area contributed by atoms with Crippen LogP contribution < -0.4 is 10.1 Å². The lowest BCUT2D eigenvalue weighted by Gasteiger charge is -2.22. The molecule has 0 bridgehead atoms. The second kappa shape index (κ2) is 8.65. The molecule has 1 aromatic rings. The maximum absolute atomic E-state index is 6.32. The van der Waals surface area contributed by atoms with Crippen molar-refractivity contribution in [3.8, 4) is 5.75 Å². The van der Waals surface area contributed by atoms with Gasteiger partial charge in [-0.25, -0.2) is 0 Å². The van der Waals surface area contributed by atoms with Gasteiger partial charge < -0.3 is 10.1 Å². The van der Waals surface area contributed by atoms with E-state index in [0.717, 1.165) is 41.4 Å². The van der Waals surface area contributed by atoms with Crippen LogP contribution in [0.5, 0.6) is 5.75 Å². The Morgan fingerprint density at radius 1 is 1.14 bits per heavy atom. The van der Waals surface area contributed by atoms with Crippen molar-refractivity contribution < 1.29 is 4.74 Å². The standard InChI is InChI=1S/C18H30ClNO/c1-7-15(11-20-10-12(2)3)21-18-9-16(13(4)5)17(19)8-14(18)6/h8-9,12-13,15,20H,7,10-11H2,1-6H3. The quantitative estimate of drug-likeness (QED) is 0.714. The van der Waals surface area contributed by atoms with Gasteiger partial charge in [0.15, 0.2) is 0 Å². The highest BCUT2D eigenvalue weighted by Crippen LogP contribution is 2.32. The Bertz CT molecular complexity index is 443. The number of rotatable bonds is 8. The maximum atomic E-state index is 6.32. The van der Waals surface area contributed by atoms with Crippen molar-refractivity contribution in [2.75, 3.05) is 13.1 Å². The first kappa shape index (κ1) is 18.3. The molecule has 0 aliphatic carbocycles. The molecular formula is C18H30ClNO. The highest BCUT2D eigenvalue weighted by atomic mass is 35.5.